The summed E-state index contributed by atoms with van der Waals surface area (Å²) in [4.78, 5) is 11.5. The molecule has 5 nitrogen and oxygen atoms in total. The van der Waals surface area contributed by atoms with Gasteiger partial charge in [0.2, 0.25) is 5.91 Å². The number of carbonyl (C=O) groups excluding carboxylic acids is 1. The number of hydrogen-bond donors (Lipinski definition) is 3. The summed E-state index contributed by atoms with van der Waals surface area (Å²) in [5.41, 5.74) is 7.96. The highest BCUT2D eigenvalue weighted by atomic mass is 16.5. The molecule has 2 atom stereocenters. The number of nitrogens with one attached hydrogen (secondary N) is 1. The molecule has 0 aliphatic heterocycles. The molecule has 0 aromatic heterocycles. The molecule has 0 spiro atoms. The minimum atomic E-state index is -0.624. The van der Waals surface area contributed by atoms with Crippen LogP contribution in [0.5, 0.6) is 0 Å². The summed E-state index contributed by atoms with van der Waals surface area (Å²) in [7, 11) is 0. The molecular weight excluding hydrogens is 412 g/mol. The predicted molar refractivity (Wildman–Crippen MR) is 132 cm³/mol. The lowest BCUT2D eigenvalue weighted by atomic mass is 9.93. The molecule has 3 aromatic rings. The van der Waals surface area contributed by atoms with Crippen molar-refractivity contribution in [1.29, 1.82) is 0 Å². The number of nitrogens with two attached hydrogens (primary N) is 1. The summed E-state index contributed by atoms with van der Waals surface area (Å²) in [6.07, 6.45) is 2.30. The van der Waals surface area contributed by atoms with Crippen molar-refractivity contribution in [3.63, 3.8) is 0 Å². The highest BCUT2D eigenvalue weighted by molar-refractivity contribution is 5.92. The van der Waals surface area contributed by atoms with E-state index in [1.807, 2.05) is 18.2 Å². The Morgan fingerprint density at radius 2 is 1.85 bits per heavy atom. The van der Waals surface area contributed by atoms with E-state index < -0.39 is 12.0 Å². The Bertz CT molecular complexity index is 1110. The lowest BCUT2D eigenvalue weighted by molar-refractivity contribution is -0.0211. The average Bonchev–Trinajstić information content (AvgIpc) is 3.63. The highest BCUT2D eigenvalue weighted by Crippen LogP contribution is 2.43. The second-order valence-corrected chi connectivity index (χ2v) is 9.86. The van der Waals surface area contributed by atoms with Crippen LogP contribution in [0.1, 0.15) is 54.3 Å². The molecule has 0 saturated heterocycles. The Balaban J connectivity index is 1.30. The van der Waals surface area contributed by atoms with Gasteiger partial charge in [0.25, 0.3) is 0 Å². The molecule has 33 heavy (non-hydrogen) atoms. The van der Waals surface area contributed by atoms with Gasteiger partial charge in [-0.15, -0.1) is 0 Å². The number of benzene rings is 3. The van der Waals surface area contributed by atoms with Gasteiger partial charge in [-0.05, 0) is 73.1 Å². The van der Waals surface area contributed by atoms with Gasteiger partial charge >= 0.3 is 0 Å². The van der Waals surface area contributed by atoms with E-state index in [9.17, 15) is 9.90 Å². The zero-order chi connectivity index (χ0) is 23.4. The molecule has 1 aliphatic rings. The number of carbonyl (C=O) groups is 1. The minimum absolute atomic E-state index is 0.121. The first-order chi connectivity index (χ1) is 15.8. The molecule has 0 heterocycles. The first-order valence-electron chi connectivity index (χ1n) is 11.7. The van der Waals surface area contributed by atoms with Crippen molar-refractivity contribution in [1.82, 2.24) is 5.32 Å². The molecule has 1 saturated carbocycles. The third-order valence-corrected chi connectivity index (χ3v) is 6.29. The van der Waals surface area contributed by atoms with Crippen molar-refractivity contribution >= 4 is 16.7 Å². The second-order valence-electron chi connectivity index (χ2n) is 9.86. The fourth-order valence-corrected chi connectivity index (χ4v) is 4.36. The molecule has 1 amide bonds. The summed E-state index contributed by atoms with van der Waals surface area (Å²) in [5, 5.41) is 16.6. The van der Waals surface area contributed by atoms with E-state index >= 15 is 0 Å². The van der Waals surface area contributed by atoms with Gasteiger partial charge in [0, 0.05) is 17.6 Å². The van der Waals surface area contributed by atoms with Crippen LogP contribution in [0.2, 0.25) is 0 Å². The fraction of sp³-hybridized carbons (Fsp3) is 0.393. The highest BCUT2D eigenvalue weighted by Gasteiger charge is 2.34. The quantitative estimate of drug-likeness (QED) is 0.408. The van der Waals surface area contributed by atoms with Crippen molar-refractivity contribution in [2.24, 2.45) is 11.7 Å². The predicted octanol–water partition coefficient (Wildman–Crippen LogP) is 4.38. The average molecular weight is 447 g/mol. The van der Waals surface area contributed by atoms with Crippen molar-refractivity contribution in [2.45, 2.75) is 50.9 Å². The summed E-state index contributed by atoms with van der Waals surface area (Å²) >= 11 is 0. The summed E-state index contributed by atoms with van der Waals surface area (Å²) < 4.78 is 6.14. The number of ether oxygens (including phenoxy) is 1. The van der Waals surface area contributed by atoms with E-state index in [1.54, 1.807) is 6.07 Å². The monoisotopic (exact) mass is 446 g/mol. The molecule has 5 heteroatoms. The van der Waals surface area contributed by atoms with Gasteiger partial charge in [0.1, 0.15) is 0 Å². The number of β-amino-alcohol motifs (C(OH)–C–C–N with tert-alkyl or cyclic N) is 1. The van der Waals surface area contributed by atoms with Crippen LogP contribution in [-0.4, -0.2) is 35.8 Å². The largest absolute Gasteiger partial charge is 0.389 e. The van der Waals surface area contributed by atoms with Gasteiger partial charge in [-0.25, -0.2) is 0 Å². The van der Waals surface area contributed by atoms with Crippen LogP contribution in [-0.2, 0) is 11.2 Å². The third kappa shape index (κ3) is 6.41. The van der Waals surface area contributed by atoms with E-state index in [0.29, 0.717) is 18.0 Å². The molecule has 0 bridgehead atoms. The van der Waals surface area contributed by atoms with E-state index in [-0.39, 0.29) is 18.2 Å². The molecule has 4 rings (SSSR count). The molecule has 1 fully saturated rings. The molecule has 3 aromatic carbocycles. The van der Waals surface area contributed by atoms with Crippen molar-refractivity contribution < 1.29 is 14.6 Å². The zero-order valence-electron chi connectivity index (χ0n) is 19.5. The van der Waals surface area contributed by atoms with Crippen LogP contribution < -0.4 is 11.1 Å². The van der Waals surface area contributed by atoms with Crippen LogP contribution >= 0.6 is 0 Å². The van der Waals surface area contributed by atoms with Crippen molar-refractivity contribution in [3.05, 3.63) is 83.4 Å². The number of hydrogen-bond acceptors (Lipinski definition) is 4. The van der Waals surface area contributed by atoms with Gasteiger partial charge in [-0.3, -0.25) is 4.79 Å². The zero-order valence-corrected chi connectivity index (χ0v) is 19.5. The van der Waals surface area contributed by atoms with E-state index in [1.165, 1.54) is 16.3 Å². The van der Waals surface area contributed by atoms with Gasteiger partial charge in [0.05, 0.1) is 18.8 Å². The van der Waals surface area contributed by atoms with E-state index in [2.05, 4.69) is 61.6 Å². The normalized spacial score (nSPS) is 16.0. The maximum absolute atomic E-state index is 11.5. The van der Waals surface area contributed by atoms with Crippen LogP contribution in [0.3, 0.4) is 0 Å². The number of aliphatic hydroxyl groups is 1. The summed E-state index contributed by atoms with van der Waals surface area (Å²) in [5.74, 6) is -0.0121. The molecule has 174 valence electrons. The molecule has 4 N–H and O–H groups in total. The SMILES string of the molecule is CC(C)(Cc1ccc2ccccc2c1)NCC(O)COC(c1cccc(C(N)=O)c1)C1CC1. The first-order valence-corrected chi connectivity index (χ1v) is 11.7. The Labute approximate surface area is 196 Å². The number of primary amides is 1. The first kappa shape index (κ1) is 23.4. The molecular formula is C28H34N2O3. The Morgan fingerprint density at radius 3 is 2.58 bits per heavy atom. The summed E-state index contributed by atoms with van der Waals surface area (Å²) in [6, 6.07) is 22.3. The second kappa shape index (κ2) is 10.0. The van der Waals surface area contributed by atoms with Crippen LogP contribution in [0, 0.1) is 5.92 Å². The summed E-state index contributed by atoms with van der Waals surface area (Å²) in [6.45, 7) is 4.98. The number of rotatable bonds is 11. The fourth-order valence-electron chi connectivity index (χ4n) is 4.36. The maximum Gasteiger partial charge on any atom is 0.248 e. The number of fused-ring (bicyclic) bond motifs is 1. The number of aliphatic hydroxyl groups excluding tert-OH is 1. The van der Waals surface area contributed by atoms with Gasteiger partial charge in [0.15, 0.2) is 0 Å². The Kier molecular flexibility index (Phi) is 7.13. The van der Waals surface area contributed by atoms with Gasteiger partial charge < -0.3 is 20.9 Å². The smallest absolute Gasteiger partial charge is 0.248 e. The lowest BCUT2D eigenvalue weighted by Crippen LogP contribution is -2.46. The van der Waals surface area contributed by atoms with Gasteiger partial charge in [-0.2, -0.15) is 0 Å². The molecule has 2 unspecified atom stereocenters. The van der Waals surface area contributed by atoms with Gasteiger partial charge in [-0.1, -0.05) is 54.6 Å². The lowest BCUT2D eigenvalue weighted by Gasteiger charge is -2.29. The third-order valence-electron chi connectivity index (χ3n) is 6.29. The van der Waals surface area contributed by atoms with Crippen LogP contribution in [0.25, 0.3) is 10.8 Å². The minimum Gasteiger partial charge on any atom is -0.389 e. The standard InChI is InChI=1S/C28H34N2O3/c1-28(2,16-19-10-11-20-6-3-4-7-22(20)14-19)30-17-25(31)18-33-26(21-12-13-21)23-8-5-9-24(15-23)27(29)32/h3-11,14-15,21,25-26,30-31H,12-13,16-18H2,1-2H3,(H2,29,32). The van der Waals surface area contributed by atoms with E-state index in [0.717, 1.165) is 24.8 Å². The topological polar surface area (TPSA) is 84.6 Å². The maximum atomic E-state index is 11.5. The van der Waals surface area contributed by atoms with Crippen molar-refractivity contribution in [2.75, 3.05) is 13.2 Å². The molecule has 0 radical (unpaired) electrons. The van der Waals surface area contributed by atoms with E-state index in [4.69, 9.17) is 10.5 Å². The van der Waals surface area contributed by atoms with Crippen LogP contribution in [0.4, 0.5) is 0 Å². The van der Waals surface area contributed by atoms with Crippen molar-refractivity contribution in [3.8, 4) is 0 Å². The Morgan fingerprint density at radius 1 is 1.09 bits per heavy atom. The Hall–Kier alpha value is -2.73. The number of amides is 1. The van der Waals surface area contributed by atoms with Crippen LogP contribution in [0.15, 0.2) is 66.7 Å². The molecule has 1 aliphatic carbocycles.